The maximum absolute atomic E-state index is 12.7. The zero-order valence-electron chi connectivity index (χ0n) is 9.59. The van der Waals surface area contributed by atoms with Crippen LogP contribution in [0.4, 0.5) is 14.9 Å². The van der Waals surface area contributed by atoms with Crippen LogP contribution in [-0.2, 0) is 0 Å². The minimum absolute atomic E-state index is 0.363. The summed E-state index contributed by atoms with van der Waals surface area (Å²) in [5.41, 5.74) is 12.5. The number of nitrogens with zero attached hydrogens (tertiary/aromatic N) is 3. The van der Waals surface area contributed by atoms with E-state index < -0.39 is 11.8 Å². The van der Waals surface area contributed by atoms with E-state index >= 15 is 0 Å². The Kier molecular flexibility index (Phi) is 3.72. The van der Waals surface area contributed by atoms with Gasteiger partial charge in [-0.05, 0) is 12.1 Å². The lowest BCUT2D eigenvalue weighted by Crippen LogP contribution is -2.25. The summed E-state index contributed by atoms with van der Waals surface area (Å²) in [6, 6.07) is 6.00. The Bertz CT molecular complexity index is 600. The first-order valence-electron chi connectivity index (χ1n) is 5.20. The van der Waals surface area contributed by atoms with Crippen LogP contribution in [0, 0.1) is 11.3 Å². The highest BCUT2D eigenvalue weighted by molar-refractivity contribution is 5.75. The van der Waals surface area contributed by atoms with Gasteiger partial charge in [0.15, 0.2) is 11.6 Å². The van der Waals surface area contributed by atoms with E-state index in [-0.39, 0.29) is 0 Å². The van der Waals surface area contributed by atoms with Crippen LogP contribution >= 0.6 is 0 Å². The SMILES string of the molecule is N=NC(=O)NNc1cccc(-c2ncc(F)cn2)c1. The summed E-state index contributed by atoms with van der Waals surface area (Å²) in [7, 11) is 0. The zero-order chi connectivity index (χ0) is 13.7. The normalized spacial score (nSPS) is 9.74. The Labute approximate surface area is 107 Å². The summed E-state index contributed by atoms with van der Waals surface area (Å²) < 4.78 is 12.7. The lowest BCUT2D eigenvalue weighted by atomic mass is 10.2. The Morgan fingerprint density at radius 3 is 2.74 bits per heavy atom. The van der Waals surface area contributed by atoms with E-state index in [9.17, 15) is 9.18 Å². The number of hydrazine groups is 1. The van der Waals surface area contributed by atoms with Crippen molar-refractivity contribution < 1.29 is 9.18 Å². The van der Waals surface area contributed by atoms with Crippen molar-refractivity contribution >= 4 is 11.7 Å². The van der Waals surface area contributed by atoms with Crippen LogP contribution in [0.25, 0.3) is 11.4 Å². The first-order chi connectivity index (χ1) is 9.19. The monoisotopic (exact) mass is 260 g/mol. The van der Waals surface area contributed by atoms with Crippen LogP contribution in [0.15, 0.2) is 41.8 Å². The van der Waals surface area contributed by atoms with Crippen molar-refractivity contribution in [1.29, 1.82) is 5.53 Å². The molecule has 1 aromatic heterocycles. The molecule has 0 unspecified atom stereocenters. The summed E-state index contributed by atoms with van der Waals surface area (Å²) in [5.74, 6) is -0.149. The van der Waals surface area contributed by atoms with Crippen molar-refractivity contribution in [2.75, 3.05) is 5.43 Å². The minimum atomic E-state index is -0.816. The van der Waals surface area contributed by atoms with E-state index in [1.807, 2.05) is 0 Å². The molecule has 0 saturated carbocycles. The Morgan fingerprint density at radius 2 is 2.05 bits per heavy atom. The lowest BCUT2D eigenvalue weighted by Gasteiger charge is -2.07. The predicted molar refractivity (Wildman–Crippen MR) is 64.7 cm³/mol. The molecule has 19 heavy (non-hydrogen) atoms. The number of benzene rings is 1. The van der Waals surface area contributed by atoms with Gasteiger partial charge in [-0.15, -0.1) is 0 Å². The smallest absolute Gasteiger partial charge is 0.297 e. The average Bonchev–Trinajstić information content (AvgIpc) is 2.46. The van der Waals surface area contributed by atoms with Gasteiger partial charge in [0.05, 0.1) is 18.1 Å². The molecule has 2 rings (SSSR count). The second kappa shape index (κ2) is 5.63. The van der Waals surface area contributed by atoms with Crippen LogP contribution in [0.5, 0.6) is 0 Å². The summed E-state index contributed by atoms with van der Waals surface area (Å²) in [5, 5.41) is 2.66. The number of carbonyl (C=O) groups is 1. The van der Waals surface area contributed by atoms with E-state index in [2.05, 4.69) is 25.9 Å². The van der Waals surface area contributed by atoms with Gasteiger partial charge in [-0.3, -0.25) is 5.43 Å². The Balaban J connectivity index is 2.17. The standard InChI is InChI=1S/C11H9FN6O/c12-8-5-14-10(15-6-8)7-2-1-3-9(4-7)17-18-11(19)16-13/h1-6,13,17H,(H,18,19). The van der Waals surface area contributed by atoms with Crippen LogP contribution in [-0.4, -0.2) is 16.0 Å². The number of amides is 2. The molecule has 8 heteroatoms. The molecule has 0 aliphatic heterocycles. The first-order valence-corrected chi connectivity index (χ1v) is 5.20. The third-order valence-electron chi connectivity index (χ3n) is 2.16. The van der Waals surface area contributed by atoms with Gasteiger partial charge in [0.2, 0.25) is 0 Å². The highest BCUT2D eigenvalue weighted by Gasteiger charge is 2.03. The number of urea groups is 1. The van der Waals surface area contributed by atoms with Gasteiger partial charge in [0.1, 0.15) is 0 Å². The number of hydrogen-bond acceptors (Lipinski definition) is 5. The van der Waals surface area contributed by atoms with E-state index in [4.69, 9.17) is 5.53 Å². The van der Waals surface area contributed by atoms with E-state index in [0.717, 1.165) is 12.4 Å². The summed E-state index contributed by atoms with van der Waals surface area (Å²) in [4.78, 5) is 18.5. The van der Waals surface area contributed by atoms with Crippen LogP contribution in [0.2, 0.25) is 0 Å². The molecule has 0 aliphatic rings. The van der Waals surface area contributed by atoms with Crippen molar-refractivity contribution in [3.8, 4) is 11.4 Å². The number of nitrogens with one attached hydrogen (secondary N) is 3. The van der Waals surface area contributed by atoms with E-state index in [0.29, 0.717) is 17.1 Å². The number of carbonyl (C=O) groups excluding carboxylic acids is 1. The summed E-state index contributed by atoms with van der Waals surface area (Å²) in [6.45, 7) is 0. The van der Waals surface area contributed by atoms with Crippen LogP contribution in [0.1, 0.15) is 0 Å². The Morgan fingerprint density at radius 1 is 1.32 bits per heavy atom. The minimum Gasteiger partial charge on any atom is -0.297 e. The number of aromatic nitrogens is 2. The molecule has 0 bridgehead atoms. The fourth-order valence-electron chi connectivity index (χ4n) is 1.35. The maximum Gasteiger partial charge on any atom is 0.377 e. The molecule has 0 saturated heterocycles. The van der Waals surface area contributed by atoms with Gasteiger partial charge in [-0.25, -0.2) is 24.6 Å². The number of anilines is 1. The number of rotatable bonds is 3. The van der Waals surface area contributed by atoms with Gasteiger partial charge in [0.25, 0.3) is 0 Å². The molecule has 7 nitrogen and oxygen atoms in total. The first kappa shape index (κ1) is 12.6. The lowest BCUT2D eigenvalue weighted by molar-refractivity contribution is 0.249. The highest BCUT2D eigenvalue weighted by atomic mass is 19.1. The van der Waals surface area contributed by atoms with Crippen LogP contribution < -0.4 is 10.9 Å². The molecule has 0 fully saturated rings. The molecule has 2 aromatic rings. The molecule has 1 aromatic carbocycles. The molecule has 0 atom stereocenters. The van der Waals surface area contributed by atoms with Gasteiger partial charge in [-0.2, -0.15) is 5.53 Å². The fraction of sp³-hybridized carbons (Fsp3) is 0. The average molecular weight is 260 g/mol. The molecule has 0 spiro atoms. The molecule has 0 aliphatic carbocycles. The Hall–Kier alpha value is -2.90. The molecular weight excluding hydrogens is 251 g/mol. The molecule has 96 valence electrons. The van der Waals surface area contributed by atoms with Crippen molar-refractivity contribution in [3.63, 3.8) is 0 Å². The van der Waals surface area contributed by atoms with E-state index in [1.54, 1.807) is 24.3 Å². The second-order valence-corrected chi connectivity index (χ2v) is 3.47. The molecule has 1 heterocycles. The topological polar surface area (TPSA) is 103 Å². The summed E-state index contributed by atoms with van der Waals surface area (Å²) >= 11 is 0. The van der Waals surface area contributed by atoms with Crippen molar-refractivity contribution in [1.82, 2.24) is 15.4 Å². The third kappa shape index (κ3) is 3.28. The fourth-order valence-corrected chi connectivity index (χ4v) is 1.35. The highest BCUT2D eigenvalue weighted by Crippen LogP contribution is 2.18. The van der Waals surface area contributed by atoms with Crippen LogP contribution in [0.3, 0.4) is 0 Å². The quantitative estimate of drug-likeness (QED) is 0.582. The molecule has 2 amide bonds. The molecule has 0 radical (unpaired) electrons. The third-order valence-corrected chi connectivity index (χ3v) is 2.16. The van der Waals surface area contributed by atoms with Gasteiger partial charge in [-0.1, -0.05) is 17.2 Å². The largest absolute Gasteiger partial charge is 0.377 e. The van der Waals surface area contributed by atoms with Crippen molar-refractivity contribution in [3.05, 3.63) is 42.5 Å². The zero-order valence-corrected chi connectivity index (χ0v) is 9.59. The van der Waals surface area contributed by atoms with Crippen molar-refractivity contribution in [2.24, 2.45) is 5.11 Å². The van der Waals surface area contributed by atoms with Gasteiger partial charge >= 0.3 is 6.03 Å². The molecular formula is C11H9FN6O. The van der Waals surface area contributed by atoms with E-state index in [1.165, 1.54) is 0 Å². The predicted octanol–water partition coefficient (Wildman–Crippen LogP) is 2.35. The maximum atomic E-state index is 12.7. The van der Waals surface area contributed by atoms with Gasteiger partial charge < -0.3 is 0 Å². The summed E-state index contributed by atoms with van der Waals surface area (Å²) in [6.07, 6.45) is 2.15. The van der Waals surface area contributed by atoms with Crippen molar-refractivity contribution in [2.45, 2.75) is 0 Å². The number of hydrogen-bond donors (Lipinski definition) is 3. The van der Waals surface area contributed by atoms with Gasteiger partial charge in [0, 0.05) is 5.56 Å². The second-order valence-electron chi connectivity index (χ2n) is 3.47. The molecule has 3 N–H and O–H groups in total. The number of halogens is 1.